The molecule has 1 aliphatic rings. The number of hydrogen-bond donors (Lipinski definition) is 1. The Labute approximate surface area is 139 Å². The topological polar surface area (TPSA) is 88.8 Å². The second kappa shape index (κ2) is 6.46. The summed E-state index contributed by atoms with van der Waals surface area (Å²) in [6, 6.07) is 3.00. The number of hydrogen-bond acceptors (Lipinski definition) is 5. The Bertz CT molecular complexity index is 785. The standard InChI is InChI=1S/C16H21N5O3/c1-4-5-11-15(22)17-8-9-20(11)16(23)14-10(2)18-12-6-7-13(24-3)19-21(12)14/h6-7,11H,4-5,8-9H2,1-3H3,(H,17,22). The van der Waals surface area contributed by atoms with Gasteiger partial charge in [-0.05, 0) is 19.4 Å². The van der Waals surface area contributed by atoms with Crippen molar-refractivity contribution in [3.05, 3.63) is 23.5 Å². The highest BCUT2D eigenvalue weighted by molar-refractivity contribution is 5.98. The van der Waals surface area contributed by atoms with Crippen LogP contribution in [0.25, 0.3) is 5.65 Å². The second-order valence-corrected chi connectivity index (χ2v) is 5.79. The fourth-order valence-corrected chi connectivity index (χ4v) is 3.04. The van der Waals surface area contributed by atoms with E-state index in [0.717, 1.165) is 6.42 Å². The molecule has 2 aromatic heterocycles. The fraction of sp³-hybridized carbons (Fsp3) is 0.500. The molecule has 0 spiro atoms. The molecule has 1 fully saturated rings. The van der Waals surface area contributed by atoms with Crippen molar-refractivity contribution in [3.63, 3.8) is 0 Å². The molecular weight excluding hydrogens is 310 g/mol. The zero-order valence-electron chi connectivity index (χ0n) is 14.1. The highest BCUT2D eigenvalue weighted by atomic mass is 16.5. The first-order chi connectivity index (χ1) is 11.6. The number of fused-ring (bicyclic) bond motifs is 1. The first-order valence-electron chi connectivity index (χ1n) is 8.05. The molecule has 128 valence electrons. The smallest absolute Gasteiger partial charge is 0.275 e. The van der Waals surface area contributed by atoms with Crippen LogP contribution in [-0.4, -0.2) is 57.6 Å². The third-order valence-electron chi connectivity index (χ3n) is 4.19. The molecule has 1 saturated heterocycles. The summed E-state index contributed by atoms with van der Waals surface area (Å²) in [5.41, 5.74) is 1.53. The molecule has 3 heterocycles. The maximum Gasteiger partial charge on any atom is 0.275 e. The number of carbonyl (C=O) groups is 2. The maximum atomic E-state index is 13.1. The number of carbonyl (C=O) groups excluding carboxylic acids is 2. The second-order valence-electron chi connectivity index (χ2n) is 5.79. The molecule has 0 bridgehead atoms. The van der Waals surface area contributed by atoms with Gasteiger partial charge in [0.2, 0.25) is 11.8 Å². The lowest BCUT2D eigenvalue weighted by atomic mass is 10.1. The lowest BCUT2D eigenvalue weighted by molar-refractivity contribution is -0.128. The number of ether oxygens (including phenoxy) is 1. The summed E-state index contributed by atoms with van der Waals surface area (Å²) in [5.74, 6) is 0.0676. The predicted molar refractivity (Wildman–Crippen MR) is 87.0 cm³/mol. The van der Waals surface area contributed by atoms with Crippen LogP contribution in [0.5, 0.6) is 5.88 Å². The normalized spacial score (nSPS) is 17.9. The molecule has 1 aliphatic heterocycles. The lowest BCUT2D eigenvalue weighted by Crippen LogP contribution is -2.57. The third-order valence-corrected chi connectivity index (χ3v) is 4.19. The van der Waals surface area contributed by atoms with Crippen molar-refractivity contribution in [3.8, 4) is 5.88 Å². The van der Waals surface area contributed by atoms with E-state index in [1.54, 1.807) is 24.0 Å². The van der Waals surface area contributed by atoms with Crippen molar-refractivity contribution in [2.75, 3.05) is 20.2 Å². The highest BCUT2D eigenvalue weighted by Gasteiger charge is 2.35. The van der Waals surface area contributed by atoms with Gasteiger partial charge in [-0.3, -0.25) is 9.59 Å². The van der Waals surface area contributed by atoms with Gasteiger partial charge in [0.15, 0.2) is 11.3 Å². The number of aromatic nitrogens is 3. The Balaban J connectivity index is 2.03. The SMILES string of the molecule is CCCC1C(=O)NCCN1C(=O)c1c(C)nc2ccc(OC)nn12. The van der Waals surface area contributed by atoms with Crippen molar-refractivity contribution in [1.82, 2.24) is 24.8 Å². The van der Waals surface area contributed by atoms with E-state index < -0.39 is 6.04 Å². The first kappa shape index (κ1) is 16.2. The summed E-state index contributed by atoms with van der Waals surface area (Å²) < 4.78 is 6.63. The summed E-state index contributed by atoms with van der Waals surface area (Å²) >= 11 is 0. The quantitative estimate of drug-likeness (QED) is 0.895. The van der Waals surface area contributed by atoms with Crippen LogP contribution in [0.2, 0.25) is 0 Å². The Morgan fingerprint density at radius 2 is 2.25 bits per heavy atom. The van der Waals surface area contributed by atoms with Gasteiger partial charge < -0.3 is 15.0 Å². The molecule has 8 heteroatoms. The molecule has 0 aromatic carbocycles. The van der Waals surface area contributed by atoms with Gasteiger partial charge in [-0.1, -0.05) is 13.3 Å². The molecule has 1 N–H and O–H groups in total. The summed E-state index contributed by atoms with van der Waals surface area (Å²) in [5, 5.41) is 7.13. The van der Waals surface area contributed by atoms with Crippen LogP contribution in [0.4, 0.5) is 0 Å². The number of methoxy groups -OCH3 is 1. The van der Waals surface area contributed by atoms with Crippen molar-refractivity contribution < 1.29 is 14.3 Å². The highest BCUT2D eigenvalue weighted by Crippen LogP contribution is 2.19. The zero-order chi connectivity index (χ0) is 17.3. The molecule has 8 nitrogen and oxygen atoms in total. The van der Waals surface area contributed by atoms with Crippen LogP contribution in [0.1, 0.15) is 35.9 Å². The van der Waals surface area contributed by atoms with E-state index in [-0.39, 0.29) is 11.8 Å². The Morgan fingerprint density at radius 1 is 1.46 bits per heavy atom. The van der Waals surface area contributed by atoms with E-state index in [1.165, 1.54) is 11.6 Å². The van der Waals surface area contributed by atoms with E-state index in [2.05, 4.69) is 15.4 Å². The van der Waals surface area contributed by atoms with Crippen LogP contribution < -0.4 is 10.1 Å². The Hall–Kier alpha value is -2.64. The van der Waals surface area contributed by atoms with Crippen LogP contribution in [0, 0.1) is 6.92 Å². The minimum atomic E-state index is -0.452. The van der Waals surface area contributed by atoms with Gasteiger partial charge in [-0.2, -0.15) is 0 Å². The van der Waals surface area contributed by atoms with Crippen LogP contribution in [0.3, 0.4) is 0 Å². The molecule has 0 saturated carbocycles. The zero-order valence-corrected chi connectivity index (χ0v) is 14.1. The summed E-state index contributed by atoms with van der Waals surface area (Å²) in [4.78, 5) is 31.3. The van der Waals surface area contributed by atoms with Gasteiger partial charge >= 0.3 is 0 Å². The largest absolute Gasteiger partial charge is 0.480 e. The van der Waals surface area contributed by atoms with Gasteiger partial charge in [0.25, 0.3) is 5.91 Å². The van der Waals surface area contributed by atoms with Gasteiger partial charge in [-0.15, -0.1) is 5.10 Å². The van der Waals surface area contributed by atoms with Crippen molar-refractivity contribution in [2.45, 2.75) is 32.7 Å². The van der Waals surface area contributed by atoms with Gasteiger partial charge in [0.05, 0.1) is 12.8 Å². The van der Waals surface area contributed by atoms with Crippen LogP contribution in [-0.2, 0) is 4.79 Å². The van der Waals surface area contributed by atoms with E-state index in [0.29, 0.717) is 42.4 Å². The van der Waals surface area contributed by atoms with Gasteiger partial charge in [0.1, 0.15) is 6.04 Å². The fourth-order valence-electron chi connectivity index (χ4n) is 3.04. The Morgan fingerprint density at radius 3 is 2.96 bits per heavy atom. The molecular formula is C16H21N5O3. The molecule has 1 unspecified atom stereocenters. The summed E-state index contributed by atoms with van der Waals surface area (Å²) in [6.07, 6.45) is 1.45. The average Bonchev–Trinajstić information content (AvgIpc) is 2.91. The van der Waals surface area contributed by atoms with Crippen molar-refractivity contribution in [1.29, 1.82) is 0 Å². The maximum absolute atomic E-state index is 13.1. The molecule has 24 heavy (non-hydrogen) atoms. The summed E-state index contributed by atoms with van der Waals surface area (Å²) in [6.45, 7) is 4.70. The molecule has 0 radical (unpaired) electrons. The molecule has 1 atom stereocenters. The van der Waals surface area contributed by atoms with E-state index in [4.69, 9.17) is 4.74 Å². The number of nitrogens with zero attached hydrogens (tertiary/aromatic N) is 4. The number of nitrogens with one attached hydrogen (secondary N) is 1. The van der Waals surface area contributed by atoms with Crippen molar-refractivity contribution >= 4 is 17.5 Å². The van der Waals surface area contributed by atoms with E-state index in [9.17, 15) is 9.59 Å². The first-order valence-corrected chi connectivity index (χ1v) is 8.05. The minimum absolute atomic E-state index is 0.103. The minimum Gasteiger partial charge on any atom is -0.480 e. The van der Waals surface area contributed by atoms with Crippen molar-refractivity contribution in [2.24, 2.45) is 0 Å². The molecule has 0 aliphatic carbocycles. The molecule has 2 aromatic rings. The number of rotatable bonds is 4. The Kier molecular flexibility index (Phi) is 4.37. The monoisotopic (exact) mass is 331 g/mol. The number of amides is 2. The molecule has 3 rings (SSSR count). The van der Waals surface area contributed by atoms with Gasteiger partial charge in [0, 0.05) is 19.2 Å². The van der Waals surface area contributed by atoms with Gasteiger partial charge in [-0.25, -0.2) is 9.50 Å². The number of aryl methyl sites for hydroxylation is 1. The lowest BCUT2D eigenvalue weighted by Gasteiger charge is -2.34. The van der Waals surface area contributed by atoms with E-state index >= 15 is 0 Å². The average molecular weight is 331 g/mol. The predicted octanol–water partition coefficient (Wildman–Crippen LogP) is 0.787. The van der Waals surface area contributed by atoms with Crippen LogP contribution >= 0.6 is 0 Å². The summed E-state index contributed by atoms with van der Waals surface area (Å²) in [7, 11) is 1.52. The molecule has 2 amide bonds. The van der Waals surface area contributed by atoms with Crippen LogP contribution in [0.15, 0.2) is 12.1 Å². The third kappa shape index (κ3) is 2.68. The van der Waals surface area contributed by atoms with E-state index in [1.807, 2.05) is 6.92 Å². The number of imidazole rings is 1. The number of piperazine rings is 1.